The minimum Gasteiger partial charge on any atom is -0.396 e. The van der Waals surface area contributed by atoms with E-state index in [-0.39, 0.29) is 16.1 Å². The van der Waals surface area contributed by atoms with Gasteiger partial charge in [0.15, 0.2) is 21.5 Å². The van der Waals surface area contributed by atoms with Gasteiger partial charge in [-0.05, 0) is 24.3 Å². The smallest absolute Gasteiger partial charge is 0.182 e. The molecular weight excluding hydrogens is 291 g/mol. The number of halogens is 3. The molecule has 0 fully saturated rings. The second kappa shape index (κ2) is 5.16. The molecule has 2 N–H and O–H groups in total. The van der Waals surface area contributed by atoms with Crippen molar-refractivity contribution in [1.82, 2.24) is 0 Å². The molecule has 0 saturated carbocycles. The van der Waals surface area contributed by atoms with Crippen LogP contribution in [0.15, 0.2) is 41.3 Å². The van der Waals surface area contributed by atoms with E-state index in [1.165, 1.54) is 6.07 Å². The monoisotopic (exact) mass is 301 g/mol. The predicted molar refractivity (Wildman–Crippen MR) is 68.1 cm³/mol. The zero-order valence-corrected chi connectivity index (χ0v) is 10.9. The summed E-state index contributed by atoms with van der Waals surface area (Å²) in [5, 5.41) is 0. The molecule has 7 heteroatoms. The first kappa shape index (κ1) is 14.4. The van der Waals surface area contributed by atoms with Crippen molar-refractivity contribution in [2.45, 2.75) is 10.6 Å². The number of sulfone groups is 1. The molecular formula is C13H10F3NO2S. The van der Waals surface area contributed by atoms with Gasteiger partial charge < -0.3 is 5.73 Å². The van der Waals surface area contributed by atoms with Crippen LogP contribution in [0.25, 0.3) is 0 Å². The van der Waals surface area contributed by atoms with Gasteiger partial charge in [0.1, 0.15) is 5.82 Å². The summed E-state index contributed by atoms with van der Waals surface area (Å²) in [4.78, 5) is -0.340. The summed E-state index contributed by atoms with van der Waals surface area (Å²) in [6.45, 7) is 0. The summed E-state index contributed by atoms with van der Waals surface area (Å²) in [6.07, 6.45) is 0. The molecule has 0 amide bonds. The lowest BCUT2D eigenvalue weighted by molar-refractivity contribution is 0.501. The van der Waals surface area contributed by atoms with E-state index < -0.39 is 33.0 Å². The number of hydrogen-bond donors (Lipinski definition) is 1. The molecule has 0 spiro atoms. The van der Waals surface area contributed by atoms with Crippen LogP contribution in [0.1, 0.15) is 5.56 Å². The molecule has 2 aromatic carbocycles. The van der Waals surface area contributed by atoms with Crippen LogP contribution >= 0.6 is 0 Å². The Balaban J connectivity index is 2.41. The fourth-order valence-corrected chi connectivity index (χ4v) is 3.01. The summed E-state index contributed by atoms with van der Waals surface area (Å²) < 4.78 is 63.8. The van der Waals surface area contributed by atoms with Gasteiger partial charge in [0.25, 0.3) is 0 Å². The zero-order chi connectivity index (χ0) is 14.9. The van der Waals surface area contributed by atoms with Crippen molar-refractivity contribution in [3.05, 3.63) is 59.4 Å². The molecule has 0 unspecified atom stereocenters. The SMILES string of the molecule is Nc1ccc(S(=O)(=O)Cc2cccc(F)c2F)cc1F. The van der Waals surface area contributed by atoms with Crippen molar-refractivity contribution in [1.29, 1.82) is 0 Å². The van der Waals surface area contributed by atoms with Crippen molar-refractivity contribution in [3.63, 3.8) is 0 Å². The van der Waals surface area contributed by atoms with Gasteiger partial charge in [-0.1, -0.05) is 12.1 Å². The maximum atomic E-state index is 13.5. The van der Waals surface area contributed by atoms with Crippen LogP contribution in [-0.2, 0) is 15.6 Å². The third-order valence-electron chi connectivity index (χ3n) is 2.71. The quantitative estimate of drug-likeness (QED) is 0.887. The molecule has 0 atom stereocenters. The van der Waals surface area contributed by atoms with E-state index >= 15 is 0 Å². The number of nitrogens with two attached hydrogens (primary N) is 1. The Kier molecular flexibility index (Phi) is 3.71. The minimum absolute atomic E-state index is 0.194. The lowest BCUT2D eigenvalue weighted by Crippen LogP contribution is -2.08. The van der Waals surface area contributed by atoms with Gasteiger partial charge in [-0.15, -0.1) is 0 Å². The normalized spacial score (nSPS) is 11.6. The largest absolute Gasteiger partial charge is 0.396 e. The van der Waals surface area contributed by atoms with Gasteiger partial charge in [-0.2, -0.15) is 0 Å². The molecule has 2 aromatic rings. The van der Waals surface area contributed by atoms with Crippen molar-refractivity contribution in [2.75, 3.05) is 5.73 Å². The van der Waals surface area contributed by atoms with Crippen molar-refractivity contribution in [3.8, 4) is 0 Å². The Morgan fingerprint density at radius 2 is 1.70 bits per heavy atom. The molecule has 0 aliphatic rings. The first-order valence-corrected chi connectivity index (χ1v) is 7.17. The summed E-state index contributed by atoms with van der Waals surface area (Å²) in [5.74, 6) is -4.01. The van der Waals surface area contributed by atoms with E-state index in [1.54, 1.807) is 0 Å². The molecule has 0 aliphatic carbocycles. The van der Waals surface area contributed by atoms with Gasteiger partial charge in [0.2, 0.25) is 0 Å². The average molecular weight is 301 g/mol. The molecule has 0 aromatic heterocycles. The lowest BCUT2D eigenvalue weighted by atomic mass is 10.2. The number of nitrogen functional groups attached to an aromatic ring is 1. The van der Waals surface area contributed by atoms with Crippen LogP contribution in [0.5, 0.6) is 0 Å². The Labute approximate surface area is 113 Å². The van der Waals surface area contributed by atoms with Gasteiger partial charge in [0.05, 0.1) is 16.3 Å². The molecule has 0 heterocycles. The molecule has 0 radical (unpaired) electrons. The van der Waals surface area contributed by atoms with Crippen molar-refractivity contribution < 1.29 is 21.6 Å². The Bertz CT molecular complexity index is 760. The van der Waals surface area contributed by atoms with Crippen LogP contribution in [0.4, 0.5) is 18.9 Å². The van der Waals surface area contributed by atoms with E-state index in [0.717, 1.165) is 30.3 Å². The van der Waals surface area contributed by atoms with E-state index in [4.69, 9.17) is 5.73 Å². The maximum absolute atomic E-state index is 13.5. The topological polar surface area (TPSA) is 60.2 Å². The number of rotatable bonds is 3. The lowest BCUT2D eigenvalue weighted by Gasteiger charge is -2.07. The maximum Gasteiger partial charge on any atom is 0.182 e. The highest BCUT2D eigenvalue weighted by molar-refractivity contribution is 7.90. The third kappa shape index (κ3) is 2.77. The summed E-state index contributed by atoms with van der Waals surface area (Å²) >= 11 is 0. The van der Waals surface area contributed by atoms with E-state index in [0.29, 0.717) is 0 Å². The van der Waals surface area contributed by atoms with Crippen LogP contribution in [-0.4, -0.2) is 8.42 Å². The second-order valence-electron chi connectivity index (χ2n) is 4.16. The van der Waals surface area contributed by atoms with Gasteiger partial charge in [-0.25, -0.2) is 21.6 Å². The highest BCUT2D eigenvalue weighted by Gasteiger charge is 2.20. The molecule has 3 nitrogen and oxygen atoms in total. The number of hydrogen-bond acceptors (Lipinski definition) is 3. The highest BCUT2D eigenvalue weighted by atomic mass is 32.2. The fourth-order valence-electron chi connectivity index (χ4n) is 1.65. The predicted octanol–water partition coefficient (Wildman–Crippen LogP) is 2.66. The fraction of sp³-hybridized carbons (Fsp3) is 0.0769. The van der Waals surface area contributed by atoms with Crippen LogP contribution < -0.4 is 5.73 Å². The highest BCUT2D eigenvalue weighted by Crippen LogP contribution is 2.22. The summed E-state index contributed by atoms with van der Waals surface area (Å²) in [7, 11) is -3.99. The van der Waals surface area contributed by atoms with Crippen LogP contribution in [0.2, 0.25) is 0 Å². The van der Waals surface area contributed by atoms with Crippen molar-refractivity contribution in [2.24, 2.45) is 0 Å². The van der Waals surface area contributed by atoms with Crippen LogP contribution in [0, 0.1) is 17.5 Å². The molecule has 0 aliphatic heterocycles. The Hall–Kier alpha value is -2.02. The van der Waals surface area contributed by atoms with E-state index in [9.17, 15) is 21.6 Å². The van der Waals surface area contributed by atoms with E-state index in [2.05, 4.69) is 0 Å². The van der Waals surface area contributed by atoms with Gasteiger partial charge >= 0.3 is 0 Å². The average Bonchev–Trinajstić information content (AvgIpc) is 2.38. The van der Waals surface area contributed by atoms with E-state index in [1.807, 2.05) is 0 Å². The zero-order valence-electron chi connectivity index (χ0n) is 10.1. The molecule has 106 valence electrons. The molecule has 0 bridgehead atoms. The first-order chi connectivity index (χ1) is 9.31. The molecule has 20 heavy (non-hydrogen) atoms. The van der Waals surface area contributed by atoms with Gasteiger partial charge in [0, 0.05) is 5.56 Å². The van der Waals surface area contributed by atoms with Crippen LogP contribution in [0.3, 0.4) is 0 Å². The Morgan fingerprint density at radius 3 is 2.35 bits per heavy atom. The Morgan fingerprint density at radius 1 is 1.00 bits per heavy atom. The van der Waals surface area contributed by atoms with Crippen molar-refractivity contribution >= 4 is 15.5 Å². The standard InChI is InChI=1S/C13H10F3NO2S/c14-10-3-1-2-8(13(10)16)7-20(18,19)9-4-5-12(17)11(15)6-9/h1-6H,7,17H2. The number of anilines is 1. The first-order valence-electron chi connectivity index (χ1n) is 5.52. The third-order valence-corrected chi connectivity index (χ3v) is 4.37. The minimum atomic E-state index is -3.99. The molecule has 2 rings (SSSR count). The second-order valence-corrected chi connectivity index (χ2v) is 6.14. The van der Waals surface area contributed by atoms with Gasteiger partial charge in [-0.3, -0.25) is 0 Å². The summed E-state index contributed by atoms with van der Waals surface area (Å²) in [5.41, 5.74) is 4.74. The number of benzene rings is 2. The summed E-state index contributed by atoms with van der Waals surface area (Å²) in [6, 6.07) is 6.21. The molecule has 0 saturated heterocycles.